The van der Waals surface area contributed by atoms with E-state index in [1.54, 1.807) is 14.2 Å². The molecular formula is C19H24N2O6S2. The van der Waals surface area contributed by atoms with Crippen LogP contribution in [0.1, 0.15) is 18.4 Å². The summed E-state index contributed by atoms with van der Waals surface area (Å²) in [6, 6.07) is 5.38. The van der Waals surface area contributed by atoms with Crippen LogP contribution in [0.4, 0.5) is 0 Å². The number of carbonyl (C=O) groups excluding carboxylic acids is 1. The molecule has 0 saturated carbocycles. The molecule has 0 bridgehead atoms. The van der Waals surface area contributed by atoms with Gasteiger partial charge in [0, 0.05) is 18.4 Å². The number of nitrogens with zero attached hydrogens (tertiary/aromatic N) is 2. The van der Waals surface area contributed by atoms with E-state index >= 15 is 0 Å². The molecule has 158 valence electrons. The number of ether oxygens (including phenoxy) is 3. The van der Waals surface area contributed by atoms with Gasteiger partial charge in [0.25, 0.3) is 5.91 Å². The van der Waals surface area contributed by atoms with Crippen molar-refractivity contribution in [2.75, 3.05) is 32.3 Å². The fraction of sp³-hybridized carbons (Fsp3) is 0.579. The molecule has 3 aliphatic rings. The van der Waals surface area contributed by atoms with Crippen LogP contribution in [0, 0.1) is 0 Å². The number of hydrogen-bond acceptors (Lipinski definition) is 7. The van der Waals surface area contributed by atoms with E-state index < -0.39 is 15.9 Å². The minimum absolute atomic E-state index is 0.0745. The topological polar surface area (TPSA) is 94.5 Å². The molecule has 0 aliphatic carbocycles. The number of amidine groups is 1. The second-order valence-electron chi connectivity index (χ2n) is 7.35. The summed E-state index contributed by atoms with van der Waals surface area (Å²) in [4.78, 5) is 18.8. The third-order valence-electron chi connectivity index (χ3n) is 5.39. The maximum Gasteiger partial charge on any atom is 0.277 e. The van der Waals surface area contributed by atoms with Crippen molar-refractivity contribution in [1.82, 2.24) is 4.90 Å². The molecule has 3 heterocycles. The monoisotopic (exact) mass is 440 g/mol. The summed E-state index contributed by atoms with van der Waals surface area (Å²) in [7, 11) is 0.0495. The number of carbonyl (C=O) groups is 1. The average molecular weight is 441 g/mol. The van der Waals surface area contributed by atoms with Gasteiger partial charge in [-0.05, 0) is 30.5 Å². The van der Waals surface area contributed by atoms with Crippen LogP contribution >= 0.6 is 11.8 Å². The smallest absolute Gasteiger partial charge is 0.277 e. The Morgan fingerprint density at radius 3 is 2.76 bits per heavy atom. The maximum absolute atomic E-state index is 12.5. The number of amides is 1. The summed E-state index contributed by atoms with van der Waals surface area (Å²) < 4.78 is 40.4. The molecule has 1 aromatic carbocycles. The predicted molar refractivity (Wildman–Crippen MR) is 110 cm³/mol. The van der Waals surface area contributed by atoms with Gasteiger partial charge in [-0.25, -0.2) is 8.42 Å². The Morgan fingerprint density at radius 1 is 1.28 bits per heavy atom. The Balaban J connectivity index is 1.61. The van der Waals surface area contributed by atoms with Gasteiger partial charge < -0.3 is 19.1 Å². The first-order valence-electron chi connectivity index (χ1n) is 9.49. The number of hydrogen-bond donors (Lipinski definition) is 0. The zero-order valence-electron chi connectivity index (χ0n) is 16.4. The van der Waals surface area contributed by atoms with Crippen LogP contribution in [-0.4, -0.2) is 74.1 Å². The van der Waals surface area contributed by atoms with Gasteiger partial charge in [-0.1, -0.05) is 17.8 Å². The number of sulfone groups is 1. The van der Waals surface area contributed by atoms with Gasteiger partial charge in [0.1, 0.15) is 6.10 Å². The average Bonchev–Trinajstić information content (AvgIpc) is 3.39. The summed E-state index contributed by atoms with van der Waals surface area (Å²) in [6.07, 6.45) is 1.04. The van der Waals surface area contributed by atoms with Crippen molar-refractivity contribution >= 4 is 32.7 Å². The summed E-state index contributed by atoms with van der Waals surface area (Å²) in [5.74, 6) is 1.12. The lowest BCUT2D eigenvalue weighted by atomic mass is 10.1. The van der Waals surface area contributed by atoms with Gasteiger partial charge in [-0.15, -0.1) is 0 Å². The molecule has 3 aliphatic heterocycles. The van der Waals surface area contributed by atoms with Crippen molar-refractivity contribution in [3.8, 4) is 11.5 Å². The summed E-state index contributed by atoms with van der Waals surface area (Å²) in [6.45, 7) is 1.01. The van der Waals surface area contributed by atoms with Crippen LogP contribution in [0.15, 0.2) is 23.2 Å². The third kappa shape index (κ3) is 4.24. The first-order valence-corrected chi connectivity index (χ1v) is 12.2. The molecule has 1 amide bonds. The van der Waals surface area contributed by atoms with Crippen LogP contribution in [0.3, 0.4) is 0 Å². The summed E-state index contributed by atoms with van der Waals surface area (Å²) in [5.41, 5.74) is 0.922. The van der Waals surface area contributed by atoms with Crippen LogP contribution in [0.25, 0.3) is 0 Å². The highest BCUT2D eigenvalue weighted by Gasteiger charge is 2.49. The third-order valence-corrected chi connectivity index (χ3v) is 8.63. The van der Waals surface area contributed by atoms with Gasteiger partial charge in [0.2, 0.25) is 0 Å². The molecule has 0 radical (unpaired) electrons. The molecule has 0 spiro atoms. The van der Waals surface area contributed by atoms with Crippen molar-refractivity contribution in [3.05, 3.63) is 23.8 Å². The Hall–Kier alpha value is -1.78. The molecule has 0 N–H and O–H groups in total. The Morgan fingerprint density at radius 2 is 2.07 bits per heavy atom. The van der Waals surface area contributed by atoms with Crippen molar-refractivity contribution in [1.29, 1.82) is 0 Å². The zero-order valence-corrected chi connectivity index (χ0v) is 18.0. The SMILES string of the molecule is COc1ccc(CN2C(=NC(=O)C3CCCO3)SC3CS(=O)(=O)CC32)cc1OC. The second kappa shape index (κ2) is 8.16. The first kappa shape index (κ1) is 20.5. The Bertz CT molecular complexity index is 927. The van der Waals surface area contributed by atoms with E-state index in [0.717, 1.165) is 12.0 Å². The molecular weight excluding hydrogens is 416 g/mol. The van der Waals surface area contributed by atoms with Crippen LogP contribution in [0.2, 0.25) is 0 Å². The zero-order chi connectivity index (χ0) is 20.6. The molecule has 0 aromatic heterocycles. The van der Waals surface area contributed by atoms with Crippen molar-refractivity contribution in [2.24, 2.45) is 4.99 Å². The van der Waals surface area contributed by atoms with Crippen LogP contribution < -0.4 is 9.47 Å². The highest BCUT2D eigenvalue weighted by Crippen LogP contribution is 2.40. The minimum atomic E-state index is -3.09. The first-order chi connectivity index (χ1) is 13.9. The number of rotatable bonds is 5. The van der Waals surface area contributed by atoms with E-state index in [2.05, 4.69) is 4.99 Å². The molecule has 29 heavy (non-hydrogen) atoms. The summed E-state index contributed by atoms with van der Waals surface area (Å²) in [5, 5.41) is 0.460. The maximum atomic E-state index is 12.5. The highest BCUT2D eigenvalue weighted by molar-refractivity contribution is 8.15. The van der Waals surface area contributed by atoms with Crippen molar-refractivity contribution in [3.63, 3.8) is 0 Å². The second-order valence-corrected chi connectivity index (χ2v) is 10.7. The lowest BCUT2D eigenvalue weighted by Gasteiger charge is -2.25. The highest BCUT2D eigenvalue weighted by atomic mass is 32.2. The normalized spacial score (nSPS) is 29.2. The molecule has 3 fully saturated rings. The molecule has 4 rings (SSSR count). The van der Waals surface area contributed by atoms with Gasteiger partial charge in [0.05, 0.1) is 31.8 Å². The number of thioether (sulfide) groups is 1. The molecule has 10 heteroatoms. The van der Waals surface area contributed by atoms with Crippen LogP contribution in [-0.2, 0) is 25.9 Å². The number of fused-ring (bicyclic) bond motifs is 1. The van der Waals surface area contributed by atoms with Gasteiger partial charge >= 0.3 is 0 Å². The lowest BCUT2D eigenvalue weighted by Crippen LogP contribution is -2.37. The van der Waals surface area contributed by atoms with Gasteiger partial charge in [-0.3, -0.25) is 4.79 Å². The number of benzene rings is 1. The Labute approximate surface area is 174 Å². The predicted octanol–water partition coefficient (Wildman–Crippen LogP) is 1.48. The quantitative estimate of drug-likeness (QED) is 0.680. The number of aliphatic imine (C=N–C) groups is 1. The minimum Gasteiger partial charge on any atom is -0.493 e. The van der Waals surface area contributed by atoms with E-state index in [4.69, 9.17) is 14.2 Å². The van der Waals surface area contributed by atoms with E-state index in [-0.39, 0.29) is 28.7 Å². The van der Waals surface area contributed by atoms with E-state index in [1.807, 2.05) is 23.1 Å². The fourth-order valence-corrected chi connectivity index (χ4v) is 7.89. The molecule has 1 aromatic rings. The van der Waals surface area contributed by atoms with Crippen molar-refractivity contribution < 1.29 is 27.4 Å². The van der Waals surface area contributed by atoms with Crippen LogP contribution in [0.5, 0.6) is 11.5 Å². The standard InChI is InChI=1S/C19H24N2O6S2/c1-25-14-6-5-12(8-16(14)26-2)9-21-13-10-29(23,24)11-17(13)28-19(21)20-18(22)15-4-3-7-27-15/h5-6,8,13,15,17H,3-4,7,9-11H2,1-2H3. The van der Waals surface area contributed by atoms with E-state index in [0.29, 0.717) is 36.2 Å². The lowest BCUT2D eigenvalue weighted by molar-refractivity contribution is -0.126. The summed E-state index contributed by atoms with van der Waals surface area (Å²) >= 11 is 1.38. The van der Waals surface area contributed by atoms with Gasteiger partial charge in [0.15, 0.2) is 26.5 Å². The van der Waals surface area contributed by atoms with Gasteiger partial charge in [-0.2, -0.15) is 4.99 Å². The van der Waals surface area contributed by atoms with E-state index in [1.165, 1.54) is 11.8 Å². The largest absolute Gasteiger partial charge is 0.493 e. The molecule has 3 saturated heterocycles. The fourth-order valence-electron chi connectivity index (χ4n) is 3.93. The molecule has 3 atom stereocenters. The number of methoxy groups -OCH3 is 2. The molecule has 8 nitrogen and oxygen atoms in total. The Kier molecular flexibility index (Phi) is 5.76. The van der Waals surface area contributed by atoms with Crippen molar-refractivity contribution in [2.45, 2.75) is 36.8 Å². The molecule has 3 unspecified atom stereocenters. The van der Waals surface area contributed by atoms with E-state index in [9.17, 15) is 13.2 Å².